The summed E-state index contributed by atoms with van der Waals surface area (Å²) < 4.78 is 0. The maximum atomic E-state index is 13.0. The highest BCUT2D eigenvalue weighted by Gasteiger charge is 2.52. The minimum absolute atomic E-state index is 0.0637. The molecule has 26 heavy (non-hydrogen) atoms. The summed E-state index contributed by atoms with van der Waals surface area (Å²) >= 11 is 6.23. The summed E-state index contributed by atoms with van der Waals surface area (Å²) in [4.78, 5) is 30.0. The minimum atomic E-state index is -0.0637. The maximum Gasteiger partial charge on any atom is 0.255 e. The van der Waals surface area contributed by atoms with Gasteiger partial charge in [0.15, 0.2) is 0 Å². The Morgan fingerprint density at radius 2 is 1.65 bits per heavy atom. The highest BCUT2D eigenvalue weighted by atomic mass is 35.5. The van der Waals surface area contributed by atoms with Crippen LogP contribution < -0.4 is 5.73 Å². The van der Waals surface area contributed by atoms with E-state index in [2.05, 4.69) is 4.90 Å². The van der Waals surface area contributed by atoms with Crippen LogP contribution in [0.2, 0.25) is 5.02 Å². The van der Waals surface area contributed by atoms with Crippen LogP contribution in [0.25, 0.3) is 0 Å². The van der Waals surface area contributed by atoms with Crippen LogP contribution in [-0.2, 0) is 4.79 Å². The fourth-order valence-electron chi connectivity index (χ4n) is 5.28. The number of piperazine rings is 1. The Bertz CT molecular complexity index is 772. The molecule has 0 radical (unpaired) electrons. The zero-order valence-electron chi connectivity index (χ0n) is 14.7. The number of amides is 2. The summed E-state index contributed by atoms with van der Waals surface area (Å²) in [5.41, 5.74) is 6.84. The highest BCUT2D eigenvalue weighted by Crippen LogP contribution is 2.55. The molecule has 6 heteroatoms. The van der Waals surface area contributed by atoms with Crippen LogP contribution in [0.15, 0.2) is 18.2 Å². The second-order valence-electron chi connectivity index (χ2n) is 8.41. The first-order valence-electron chi connectivity index (χ1n) is 9.69. The lowest BCUT2D eigenvalue weighted by atomic mass is 9.80. The van der Waals surface area contributed by atoms with Crippen LogP contribution in [0.3, 0.4) is 0 Å². The van der Waals surface area contributed by atoms with Crippen molar-refractivity contribution in [2.45, 2.75) is 44.2 Å². The van der Waals surface area contributed by atoms with Crippen molar-refractivity contribution >= 4 is 29.1 Å². The molecular formula is C20H24ClN3O2. The molecule has 5 nitrogen and oxygen atoms in total. The molecule has 1 saturated heterocycles. The molecule has 2 amide bonds. The number of nitrogens with zero attached hydrogens (tertiary/aromatic N) is 2. The zero-order valence-corrected chi connectivity index (χ0v) is 15.5. The van der Waals surface area contributed by atoms with E-state index in [4.69, 9.17) is 17.3 Å². The number of halogens is 1. The molecule has 1 heterocycles. The molecule has 4 aliphatic rings. The molecule has 2 N–H and O–H groups in total. The number of benzene rings is 1. The molecule has 0 aromatic heterocycles. The van der Waals surface area contributed by atoms with Gasteiger partial charge in [-0.3, -0.25) is 9.59 Å². The maximum absolute atomic E-state index is 13.0. The molecule has 3 aliphatic carbocycles. The number of hydrogen-bond acceptors (Lipinski definition) is 3. The van der Waals surface area contributed by atoms with Crippen LogP contribution in [-0.4, -0.2) is 46.8 Å². The summed E-state index contributed by atoms with van der Waals surface area (Å²) in [7, 11) is 0. The second kappa shape index (κ2) is 5.88. The molecule has 0 bridgehead atoms. The van der Waals surface area contributed by atoms with Crippen LogP contribution in [0.4, 0.5) is 5.69 Å². The molecule has 1 aromatic carbocycles. The smallest absolute Gasteiger partial charge is 0.255 e. The van der Waals surface area contributed by atoms with Gasteiger partial charge in [0.05, 0.1) is 22.7 Å². The van der Waals surface area contributed by atoms with E-state index in [-0.39, 0.29) is 23.9 Å². The molecule has 1 aliphatic heterocycles. The summed E-state index contributed by atoms with van der Waals surface area (Å²) in [5.74, 6) is 2.13. The molecule has 0 spiro atoms. The number of carbonyl (C=O) groups is 2. The number of carbonyl (C=O) groups excluding carboxylic acids is 2. The Kier molecular flexibility index (Phi) is 3.71. The number of anilines is 1. The normalized spacial score (nSPS) is 34.7. The van der Waals surface area contributed by atoms with Gasteiger partial charge in [0, 0.05) is 24.7 Å². The number of nitrogen functional groups attached to an aromatic ring is 1. The third kappa shape index (κ3) is 2.51. The van der Waals surface area contributed by atoms with Gasteiger partial charge < -0.3 is 15.5 Å². The number of rotatable bonds is 2. The lowest BCUT2D eigenvalue weighted by molar-refractivity contribution is -0.146. The van der Waals surface area contributed by atoms with Crippen molar-refractivity contribution in [2.24, 2.45) is 17.8 Å². The van der Waals surface area contributed by atoms with E-state index in [9.17, 15) is 9.59 Å². The molecule has 1 aromatic rings. The fourth-order valence-corrected chi connectivity index (χ4v) is 5.48. The Morgan fingerprint density at radius 3 is 2.35 bits per heavy atom. The third-order valence-electron chi connectivity index (χ3n) is 6.94. The molecule has 138 valence electrons. The summed E-state index contributed by atoms with van der Waals surface area (Å²) in [6.07, 6.45) is 5.44. The van der Waals surface area contributed by atoms with Crippen LogP contribution in [0.1, 0.15) is 42.5 Å². The van der Waals surface area contributed by atoms with Crippen LogP contribution in [0.5, 0.6) is 0 Å². The van der Waals surface area contributed by atoms with E-state index in [1.807, 2.05) is 4.90 Å². The Balaban J connectivity index is 1.31. The van der Waals surface area contributed by atoms with Gasteiger partial charge in [0.1, 0.15) is 0 Å². The Morgan fingerprint density at radius 1 is 1.00 bits per heavy atom. The van der Waals surface area contributed by atoms with E-state index >= 15 is 0 Å². The van der Waals surface area contributed by atoms with Gasteiger partial charge >= 0.3 is 0 Å². The first kappa shape index (κ1) is 16.4. The predicted molar refractivity (Wildman–Crippen MR) is 99.7 cm³/mol. The van der Waals surface area contributed by atoms with Gasteiger partial charge in [-0.05, 0) is 62.1 Å². The number of fused-ring (bicyclic) bond motifs is 2. The second-order valence-corrected chi connectivity index (χ2v) is 8.81. The molecule has 4 fully saturated rings. The predicted octanol–water partition coefficient (Wildman–Crippen LogP) is 2.78. The first-order valence-corrected chi connectivity index (χ1v) is 10.1. The van der Waals surface area contributed by atoms with E-state index in [0.717, 1.165) is 37.5 Å². The van der Waals surface area contributed by atoms with Crippen LogP contribution >= 0.6 is 11.6 Å². The van der Waals surface area contributed by atoms with Gasteiger partial charge in [-0.15, -0.1) is 0 Å². The van der Waals surface area contributed by atoms with Crippen LogP contribution in [0, 0.1) is 17.8 Å². The summed E-state index contributed by atoms with van der Waals surface area (Å²) in [6, 6.07) is 5.33. The van der Waals surface area contributed by atoms with Gasteiger partial charge in [0.25, 0.3) is 5.91 Å². The van der Waals surface area contributed by atoms with Gasteiger partial charge in [-0.2, -0.15) is 0 Å². The van der Waals surface area contributed by atoms with Crippen molar-refractivity contribution in [2.75, 3.05) is 18.8 Å². The average Bonchev–Trinajstić information content (AvgIpc) is 3.21. The fraction of sp³-hybridized carbons (Fsp3) is 0.600. The van der Waals surface area contributed by atoms with Gasteiger partial charge in [0.2, 0.25) is 5.91 Å². The third-order valence-corrected chi connectivity index (χ3v) is 7.27. The standard InChI is InChI=1S/C20H24ClN3O2/c21-16-2-1-14(22)10-15(16)20(26)24-6-5-23(17-3-4-18(17)24)19(25)13-8-11-7-12(11)9-13/h1-2,10-13,17-18H,3-9,22H2/t11?,12?,13?,17-,18-/m1/s1. The lowest BCUT2D eigenvalue weighted by Crippen LogP contribution is -2.67. The summed E-state index contributed by atoms with van der Waals surface area (Å²) in [5, 5.41) is 0.434. The average molecular weight is 374 g/mol. The Labute approximate surface area is 158 Å². The quantitative estimate of drug-likeness (QED) is 0.810. The van der Waals surface area contributed by atoms with Crippen molar-refractivity contribution in [3.8, 4) is 0 Å². The SMILES string of the molecule is Nc1ccc(Cl)c(C(=O)N2CCN(C(=O)C3CC4CC4C3)[C@@H]3CC[C@H]32)c1. The lowest BCUT2D eigenvalue weighted by Gasteiger charge is -2.54. The van der Waals surface area contributed by atoms with Gasteiger partial charge in [-0.25, -0.2) is 0 Å². The molecule has 2 unspecified atom stereocenters. The number of hydrogen-bond donors (Lipinski definition) is 1. The van der Waals surface area contributed by atoms with E-state index < -0.39 is 0 Å². The molecule has 5 rings (SSSR count). The van der Waals surface area contributed by atoms with Crippen molar-refractivity contribution in [1.82, 2.24) is 9.80 Å². The number of nitrogens with two attached hydrogens (primary N) is 1. The first-order chi connectivity index (χ1) is 12.5. The molecule has 4 atom stereocenters. The minimum Gasteiger partial charge on any atom is -0.399 e. The Hall–Kier alpha value is -1.75. The van der Waals surface area contributed by atoms with Crippen molar-refractivity contribution in [3.05, 3.63) is 28.8 Å². The monoisotopic (exact) mass is 373 g/mol. The van der Waals surface area contributed by atoms with Crippen molar-refractivity contribution < 1.29 is 9.59 Å². The molecule has 3 saturated carbocycles. The highest BCUT2D eigenvalue weighted by molar-refractivity contribution is 6.34. The topological polar surface area (TPSA) is 66.6 Å². The van der Waals surface area contributed by atoms with Gasteiger partial charge in [-0.1, -0.05) is 11.6 Å². The van der Waals surface area contributed by atoms with E-state index in [0.29, 0.717) is 35.3 Å². The van der Waals surface area contributed by atoms with E-state index in [1.54, 1.807) is 18.2 Å². The zero-order chi connectivity index (χ0) is 18.0. The summed E-state index contributed by atoms with van der Waals surface area (Å²) in [6.45, 7) is 1.22. The van der Waals surface area contributed by atoms with E-state index in [1.165, 1.54) is 6.42 Å². The van der Waals surface area contributed by atoms with Crippen molar-refractivity contribution in [1.29, 1.82) is 0 Å². The van der Waals surface area contributed by atoms with Crippen molar-refractivity contribution in [3.63, 3.8) is 0 Å². The largest absolute Gasteiger partial charge is 0.399 e. The molecular weight excluding hydrogens is 350 g/mol.